The van der Waals surface area contributed by atoms with Crippen molar-refractivity contribution in [3.05, 3.63) is 52.3 Å². The van der Waals surface area contributed by atoms with Crippen LogP contribution in [-0.2, 0) is 13.1 Å². The van der Waals surface area contributed by atoms with E-state index in [0.717, 1.165) is 36.3 Å². The molecule has 1 aromatic heterocycles. The van der Waals surface area contributed by atoms with Crippen molar-refractivity contribution in [2.45, 2.75) is 26.4 Å². The van der Waals surface area contributed by atoms with E-state index in [4.69, 9.17) is 4.74 Å². The van der Waals surface area contributed by atoms with Gasteiger partial charge in [0.15, 0.2) is 0 Å². The van der Waals surface area contributed by atoms with Crippen LogP contribution >= 0.6 is 15.9 Å². The second-order valence-corrected chi connectivity index (χ2v) is 5.63. The molecule has 0 radical (unpaired) electrons. The van der Waals surface area contributed by atoms with Crippen LogP contribution in [0.15, 0.2) is 41.0 Å². The molecule has 0 fully saturated rings. The molecule has 108 valence electrons. The second kappa shape index (κ2) is 7.50. The van der Waals surface area contributed by atoms with Crippen molar-refractivity contribution < 1.29 is 4.74 Å². The van der Waals surface area contributed by atoms with Crippen LogP contribution in [0.3, 0.4) is 0 Å². The first-order chi connectivity index (χ1) is 9.74. The van der Waals surface area contributed by atoms with Crippen LogP contribution in [0.5, 0.6) is 5.75 Å². The summed E-state index contributed by atoms with van der Waals surface area (Å²) in [7, 11) is 1.68. The summed E-state index contributed by atoms with van der Waals surface area (Å²) in [5.41, 5.74) is 2.57. The number of halogens is 1. The highest BCUT2D eigenvalue weighted by Gasteiger charge is 2.04. The summed E-state index contributed by atoms with van der Waals surface area (Å²) in [5, 5.41) is 3.44. The van der Waals surface area contributed by atoms with Gasteiger partial charge >= 0.3 is 0 Å². The first kappa shape index (κ1) is 15.1. The van der Waals surface area contributed by atoms with Crippen molar-refractivity contribution in [1.82, 2.24) is 9.88 Å². The molecule has 0 aliphatic rings. The average Bonchev–Trinajstić information content (AvgIpc) is 2.87. The molecular weight excluding hydrogens is 316 g/mol. The summed E-state index contributed by atoms with van der Waals surface area (Å²) in [6.45, 7) is 5.02. The number of benzene rings is 1. The predicted octanol–water partition coefficient (Wildman–Crippen LogP) is 3.81. The summed E-state index contributed by atoms with van der Waals surface area (Å²) in [4.78, 5) is 0. The maximum atomic E-state index is 5.26. The topological polar surface area (TPSA) is 26.2 Å². The first-order valence-corrected chi connectivity index (χ1v) is 7.71. The molecule has 1 N–H and O–H groups in total. The van der Waals surface area contributed by atoms with Gasteiger partial charge < -0.3 is 14.6 Å². The van der Waals surface area contributed by atoms with E-state index in [1.807, 2.05) is 6.07 Å². The number of hydrogen-bond donors (Lipinski definition) is 1. The lowest BCUT2D eigenvalue weighted by Gasteiger charge is -2.11. The van der Waals surface area contributed by atoms with Crippen LogP contribution in [0.4, 0.5) is 0 Å². The van der Waals surface area contributed by atoms with E-state index < -0.39 is 0 Å². The molecule has 0 aliphatic heterocycles. The number of hydrogen-bond acceptors (Lipinski definition) is 2. The maximum absolute atomic E-state index is 5.26. The Morgan fingerprint density at radius 3 is 2.85 bits per heavy atom. The van der Waals surface area contributed by atoms with Gasteiger partial charge in [-0.3, -0.25) is 0 Å². The van der Waals surface area contributed by atoms with E-state index in [1.165, 1.54) is 11.3 Å². The third kappa shape index (κ3) is 3.87. The van der Waals surface area contributed by atoms with Gasteiger partial charge in [-0.15, -0.1) is 0 Å². The van der Waals surface area contributed by atoms with Crippen LogP contribution in [-0.4, -0.2) is 18.2 Å². The molecule has 0 aliphatic carbocycles. The number of nitrogens with zero attached hydrogens (tertiary/aromatic N) is 1. The van der Waals surface area contributed by atoms with Crippen LogP contribution in [0.2, 0.25) is 0 Å². The largest absolute Gasteiger partial charge is 0.496 e. The quantitative estimate of drug-likeness (QED) is 0.778. The molecule has 0 atom stereocenters. The molecule has 0 amide bonds. The van der Waals surface area contributed by atoms with Gasteiger partial charge in [-0.05, 0) is 58.7 Å². The maximum Gasteiger partial charge on any atom is 0.133 e. The fourth-order valence-corrected chi connectivity index (χ4v) is 2.75. The van der Waals surface area contributed by atoms with E-state index in [-0.39, 0.29) is 0 Å². The van der Waals surface area contributed by atoms with Crippen molar-refractivity contribution in [1.29, 1.82) is 0 Å². The van der Waals surface area contributed by atoms with Crippen molar-refractivity contribution in [3.63, 3.8) is 0 Å². The van der Waals surface area contributed by atoms with E-state index in [1.54, 1.807) is 7.11 Å². The summed E-state index contributed by atoms with van der Waals surface area (Å²) in [5.74, 6) is 0.867. The molecule has 0 bridgehead atoms. The zero-order valence-corrected chi connectivity index (χ0v) is 13.6. The smallest absolute Gasteiger partial charge is 0.133 e. The monoisotopic (exact) mass is 336 g/mol. The molecule has 1 aromatic carbocycles. The van der Waals surface area contributed by atoms with Crippen LogP contribution in [0, 0.1) is 0 Å². The molecule has 0 spiro atoms. The van der Waals surface area contributed by atoms with Crippen molar-refractivity contribution in [3.8, 4) is 5.75 Å². The molecule has 3 nitrogen and oxygen atoms in total. The van der Waals surface area contributed by atoms with Crippen LogP contribution < -0.4 is 10.1 Å². The number of rotatable bonds is 7. The van der Waals surface area contributed by atoms with Gasteiger partial charge in [-0.25, -0.2) is 0 Å². The minimum absolute atomic E-state index is 0.867. The van der Waals surface area contributed by atoms with Gasteiger partial charge in [-0.1, -0.05) is 13.0 Å². The highest BCUT2D eigenvalue weighted by atomic mass is 79.9. The zero-order valence-electron chi connectivity index (χ0n) is 12.0. The first-order valence-electron chi connectivity index (χ1n) is 6.91. The lowest BCUT2D eigenvalue weighted by atomic mass is 10.2. The van der Waals surface area contributed by atoms with Gasteiger partial charge in [0.1, 0.15) is 5.75 Å². The molecular formula is C16H21BrN2O. The Balaban J connectivity index is 2.06. The number of aromatic nitrogens is 1. The summed E-state index contributed by atoms with van der Waals surface area (Å²) in [6, 6.07) is 10.5. The summed E-state index contributed by atoms with van der Waals surface area (Å²) in [6.07, 6.45) is 3.28. The fraction of sp³-hybridized carbons (Fsp3) is 0.375. The van der Waals surface area contributed by atoms with Gasteiger partial charge in [-0.2, -0.15) is 0 Å². The van der Waals surface area contributed by atoms with Crippen molar-refractivity contribution in [2.75, 3.05) is 13.7 Å². The van der Waals surface area contributed by atoms with Gasteiger partial charge in [0.05, 0.1) is 11.6 Å². The SMILES string of the molecule is CCCNCc1cccn1Cc1ccc(OC)c(Br)c1. The molecule has 4 heteroatoms. The Morgan fingerprint density at radius 1 is 1.30 bits per heavy atom. The van der Waals surface area contributed by atoms with Crippen LogP contribution in [0.25, 0.3) is 0 Å². The number of methoxy groups -OCH3 is 1. The molecule has 20 heavy (non-hydrogen) atoms. The number of ether oxygens (including phenoxy) is 1. The number of nitrogens with one attached hydrogen (secondary N) is 1. The van der Waals surface area contributed by atoms with Gasteiger partial charge in [0.2, 0.25) is 0 Å². The Morgan fingerprint density at radius 2 is 2.15 bits per heavy atom. The molecule has 0 unspecified atom stereocenters. The van der Waals surface area contributed by atoms with Gasteiger partial charge in [0.25, 0.3) is 0 Å². The zero-order chi connectivity index (χ0) is 14.4. The molecule has 0 saturated heterocycles. The van der Waals surface area contributed by atoms with Gasteiger partial charge in [0, 0.05) is 25.0 Å². The highest BCUT2D eigenvalue weighted by Crippen LogP contribution is 2.26. The highest BCUT2D eigenvalue weighted by molar-refractivity contribution is 9.10. The predicted molar refractivity (Wildman–Crippen MR) is 86.2 cm³/mol. The minimum Gasteiger partial charge on any atom is -0.496 e. The summed E-state index contributed by atoms with van der Waals surface area (Å²) >= 11 is 3.53. The van der Waals surface area contributed by atoms with E-state index in [9.17, 15) is 0 Å². The second-order valence-electron chi connectivity index (χ2n) is 4.77. The Hall–Kier alpha value is -1.26. The fourth-order valence-electron chi connectivity index (χ4n) is 2.16. The molecule has 0 saturated carbocycles. The Bertz CT molecular complexity index is 551. The average molecular weight is 337 g/mol. The van der Waals surface area contributed by atoms with E-state index in [0.29, 0.717) is 0 Å². The van der Waals surface area contributed by atoms with Crippen LogP contribution in [0.1, 0.15) is 24.6 Å². The van der Waals surface area contributed by atoms with E-state index >= 15 is 0 Å². The standard InChI is InChI=1S/C16H21BrN2O/c1-3-8-18-11-14-5-4-9-19(14)12-13-6-7-16(20-2)15(17)10-13/h4-7,9-10,18H,3,8,11-12H2,1-2H3. The molecule has 1 heterocycles. The Labute approximate surface area is 129 Å². The van der Waals surface area contributed by atoms with Crippen molar-refractivity contribution >= 4 is 15.9 Å². The van der Waals surface area contributed by atoms with Crippen molar-refractivity contribution in [2.24, 2.45) is 0 Å². The summed E-state index contributed by atoms with van der Waals surface area (Å²) < 4.78 is 8.53. The minimum atomic E-state index is 0.867. The molecule has 2 aromatic rings. The lowest BCUT2D eigenvalue weighted by molar-refractivity contribution is 0.412. The molecule has 2 rings (SSSR count). The lowest BCUT2D eigenvalue weighted by Crippen LogP contribution is -2.17. The third-order valence-electron chi connectivity index (χ3n) is 3.23. The normalized spacial score (nSPS) is 10.8. The van der Waals surface area contributed by atoms with E-state index in [2.05, 4.69) is 63.2 Å². The third-order valence-corrected chi connectivity index (χ3v) is 3.85. The Kier molecular flexibility index (Phi) is 5.68.